The molecule has 4 atom stereocenters. The lowest BCUT2D eigenvalue weighted by Crippen LogP contribution is -2.30. The maximum Gasteiger partial charge on any atom is 0.416 e. The van der Waals surface area contributed by atoms with E-state index in [9.17, 15) is 17.6 Å². The summed E-state index contributed by atoms with van der Waals surface area (Å²) >= 11 is 1.54. The first-order valence-corrected chi connectivity index (χ1v) is 12.8. The van der Waals surface area contributed by atoms with E-state index in [1.807, 2.05) is 6.92 Å². The van der Waals surface area contributed by atoms with Gasteiger partial charge in [0, 0.05) is 37.5 Å². The number of hydrogen-bond acceptors (Lipinski definition) is 6. The van der Waals surface area contributed by atoms with Gasteiger partial charge in [0.2, 0.25) is 5.95 Å². The van der Waals surface area contributed by atoms with E-state index < -0.39 is 23.5 Å². The van der Waals surface area contributed by atoms with Crippen molar-refractivity contribution >= 4 is 22.5 Å². The molecule has 1 saturated carbocycles. The molecule has 6 nitrogen and oxygen atoms in total. The Labute approximate surface area is 204 Å². The van der Waals surface area contributed by atoms with Crippen molar-refractivity contribution < 1.29 is 17.6 Å². The standard InChI is InChI=1S/C24H26F4N6S/c1-13-7-21(35-32-13)33-11-14-4-5-20(19(14)12-33)29-23-30-22-18(3-2-6-34(22)31-23)15-8-16(24(26,27)28)10-17(25)9-15/h7-10,14,18-20H,2-6,11-12H2,1H3,(H,29,31)/t14?,18?,19-,20-/m1/s1. The highest BCUT2D eigenvalue weighted by Gasteiger charge is 2.43. The second-order valence-electron chi connectivity index (χ2n) is 9.95. The molecular weight excluding hydrogens is 480 g/mol. The first kappa shape index (κ1) is 22.8. The van der Waals surface area contributed by atoms with Gasteiger partial charge in [-0.1, -0.05) is 0 Å². The second kappa shape index (κ2) is 8.46. The van der Waals surface area contributed by atoms with E-state index in [0.717, 1.165) is 44.1 Å². The number of halogens is 4. The number of fused-ring (bicyclic) bond motifs is 2. The van der Waals surface area contributed by atoms with E-state index in [2.05, 4.69) is 25.8 Å². The fourth-order valence-corrected chi connectivity index (χ4v) is 6.77. The third-order valence-corrected chi connectivity index (χ3v) is 8.57. The summed E-state index contributed by atoms with van der Waals surface area (Å²) in [6.07, 6.45) is -1.07. The minimum atomic E-state index is -4.60. The number of anilines is 2. The average molecular weight is 507 g/mol. The van der Waals surface area contributed by atoms with E-state index in [1.165, 1.54) is 11.1 Å². The summed E-state index contributed by atoms with van der Waals surface area (Å²) in [5.74, 6) is 0.886. The normalized spacial score (nSPS) is 26.1. The number of nitrogens with zero attached hydrogens (tertiary/aromatic N) is 5. The van der Waals surface area contributed by atoms with Crippen LogP contribution < -0.4 is 10.2 Å². The molecule has 0 spiro atoms. The Kier molecular flexibility index (Phi) is 5.50. The zero-order valence-corrected chi connectivity index (χ0v) is 20.0. The number of aromatic nitrogens is 4. The van der Waals surface area contributed by atoms with Gasteiger partial charge < -0.3 is 10.2 Å². The molecule has 0 bridgehead atoms. The van der Waals surface area contributed by atoms with E-state index in [-0.39, 0.29) is 6.04 Å². The van der Waals surface area contributed by atoms with Gasteiger partial charge in [-0.3, -0.25) is 0 Å². The van der Waals surface area contributed by atoms with Crippen LogP contribution in [-0.2, 0) is 12.7 Å². The molecule has 186 valence electrons. The number of nitrogens with one attached hydrogen (secondary N) is 1. The molecule has 1 aromatic carbocycles. The molecule has 11 heteroatoms. The first-order chi connectivity index (χ1) is 16.7. The average Bonchev–Trinajstić information content (AvgIpc) is 3.57. The van der Waals surface area contributed by atoms with Crippen LogP contribution in [0.25, 0.3) is 0 Å². The highest BCUT2D eigenvalue weighted by Crippen LogP contribution is 2.42. The molecule has 35 heavy (non-hydrogen) atoms. The maximum atomic E-state index is 14.1. The predicted molar refractivity (Wildman–Crippen MR) is 125 cm³/mol. The number of rotatable bonds is 4. The Hall–Kier alpha value is -2.69. The number of hydrogen-bond donors (Lipinski definition) is 1. The van der Waals surface area contributed by atoms with Crippen LogP contribution in [0.2, 0.25) is 0 Å². The third-order valence-electron chi connectivity index (χ3n) is 7.62. The van der Waals surface area contributed by atoms with Crippen molar-refractivity contribution in [3.63, 3.8) is 0 Å². The van der Waals surface area contributed by atoms with E-state index in [4.69, 9.17) is 4.98 Å². The first-order valence-electron chi connectivity index (χ1n) is 12.0. The van der Waals surface area contributed by atoms with Gasteiger partial charge in [-0.05, 0) is 79.9 Å². The quantitative estimate of drug-likeness (QED) is 0.477. The van der Waals surface area contributed by atoms with Gasteiger partial charge in [-0.15, -0.1) is 5.10 Å². The van der Waals surface area contributed by atoms with Gasteiger partial charge in [-0.2, -0.15) is 22.5 Å². The summed E-state index contributed by atoms with van der Waals surface area (Å²) in [4.78, 5) is 7.12. The Morgan fingerprint density at radius 3 is 2.71 bits per heavy atom. The monoisotopic (exact) mass is 506 g/mol. The summed E-state index contributed by atoms with van der Waals surface area (Å²) in [7, 11) is 0. The lowest BCUT2D eigenvalue weighted by Gasteiger charge is -2.23. The van der Waals surface area contributed by atoms with E-state index in [0.29, 0.717) is 48.2 Å². The highest BCUT2D eigenvalue weighted by atomic mass is 32.1. The maximum absolute atomic E-state index is 14.1. The molecule has 0 radical (unpaired) electrons. The fraction of sp³-hybridized carbons (Fsp3) is 0.542. The van der Waals surface area contributed by atoms with Gasteiger partial charge in [0.15, 0.2) is 0 Å². The van der Waals surface area contributed by atoms with Crippen LogP contribution in [0, 0.1) is 24.6 Å². The lowest BCUT2D eigenvalue weighted by molar-refractivity contribution is -0.137. The molecule has 2 aromatic heterocycles. The van der Waals surface area contributed by atoms with Crippen molar-refractivity contribution in [1.29, 1.82) is 0 Å². The molecule has 2 aliphatic heterocycles. The molecule has 2 unspecified atom stereocenters. The Bertz CT molecular complexity index is 1240. The molecular formula is C24H26F4N6S. The Morgan fingerprint density at radius 2 is 1.94 bits per heavy atom. The van der Waals surface area contributed by atoms with Gasteiger partial charge in [0.05, 0.1) is 11.3 Å². The lowest BCUT2D eigenvalue weighted by atomic mass is 9.90. The van der Waals surface area contributed by atoms with Crippen molar-refractivity contribution in [3.8, 4) is 0 Å². The van der Waals surface area contributed by atoms with Gasteiger partial charge in [0.1, 0.15) is 16.6 Å². The molecule has 3 aromatic rings. The van der Waals surface area contributed by atoms with Gasteiger partial charge in [0.25, 0.3) is 0 Å². The topological polar surface area (TPSA) is 58.9 Å². The Balaban J connectivity index is 1.21. The second-order valence-corrected chi connectivity index (χ2v) is 10.7. The summed E-state index contributed by atoms with van der Waals surface area (Å²) in [5, 5.41) is 9.38. The molecule has 2 fully saturated rings. The van der Waals surface area contributed by atoms with Crippen molar-refractivity contribution in [1.82, 2.24) is 19.1 Å². The molecule has 1 saturated heterocycles. The summed E-state index contributed by atoms with van der Waals surface area (Å²) in [6.45, 7) is 4.65. The summed E-state index contributed by atoms with van der Waals surface area (Å²) < 4.78 is 60.1. The number of alkyl halides is 3. The van der Waals surface area contributed by atoms with E-state index in [1.54, 1.807) is 16.2 Å². The van der Waals surface area contributed by atoms with Gasteiger partial charge >= 0.3 is 6.18 Å². The van der Waals surface area contributed by atoms with Crippen molar-refractivity contribution in [2.75, 3.05) is 23.3 Å². The summed E-state index contributed by atoms with van der Waals surface area (Å²) in [5.41, 5.74) is 0.366. The van der Waals surface area contributed by atoms with Crippen LogP contribution in [-0.4, -0.2) is 38.3 Å². The molecule has 4 heterocycles. The molecule has 1 N–H and O–H groups in total. The zero-order chi connectivity index (χ0) is 24.3. The fourth-order valence-electron chi connectivity index (χ4n) is 5.99. The summed E-state index contributed by atoms with van der Waals surface area (Å²) in [6, 6.07) is 5.15. The molecule has 6 rings (SSSR count). The van der Waals surface area contributed by atoms with Crippen molar-refractivity contribution in [2.45, 2.75) is 57.3 Å². The minimum absolute atomic E-state index is 0.243. The number of benzene rings is 1. The van der Waals surface area contributed by atoms with Crippen molar-refractivity contribution in [2.24, 2.45) is 11.8 Å². The SMILES string of the molecule is Cc1cc(N2CC3CC[C@@H](Nc4nc5n(n4)CCCC5c4cc(F)cc(C(F)(F)F)c4)[C@@H]3C2)sn1. The molecule has 0 amide bonds. The number of aryl methyl sites for hydroxylation is 2. The van der Waals surface area contributed by atoms with Crippen LogP contribution in [0.1, 0.15) is 54.2 Å². The molecule has 3 aliphatic rings. The molecule has 1 aliphatic carbocycles. The van der Waals surface area contributed by atoms with Crippen LogP contribution >= 0.6 is 11.5 Å². The van der Waals surface area contributed by atoms with Crippen LogP contribution in [0.4, 0.5) is 28.5 Å². The predicted octanol–water partition coefficient (Wildman–Crippen LogP) is 5.45. The highest BCUT2D eigenvalue weighted by molar-refractivity contribution is 7.10. The van der Waals surface area contributed by atoms with Crippen LogP contribution in [0.15, 0.2) is 24.3 Å². The van der Waals surface area contributed by atoms with Crippen molar-refractivity contribution in [3.05, 3.63) is 52.7 Å². The third kappa shape index (κ3) is 4.28. The minimum Gasteiger partial charge on any atom is -0.362 e. The zero-order valence-electron chi connectivity index (χ0n) is 19.2. The Morgan fingerprint density at radius 1 is 1.09 bits per heavy atom. The smallest absolute Gasteiger partial charge is 0.362 e. The van der Waals surface area contributed by atoms with Crippen LogP contribution in [0.5, 0.6) is 0 Å². The van der Waals surface area contributed by atoms with E-state index >= 15 is 0 Å². The largest absolute Gasteiger partial charge is 0.416 e. The van der Waals surface area contributed by atoms with Gasteiger partial charge in [-0.25, -0.2) is 9.07 Å². The van der Waals surface area contributed by atoms with Crippen LogP contribution in [0.3, 0.4) is 0 Å².